The highest BCUT2D eigenvalue weighted by molar-refractivity contribution is 5.86. The lowest BCUT2D eigenvalue weighted by atomic mass is 10.1. The number of β-amino-alcohol motifs (C(OH)–C–C–N with tert-alkyl or cyclic N) is 1. The van der Waals surface area contributed by atoms with Gasteiger partial charge in [0.2, 0.25) is 0 Å². The Morgan fingerprint density at radius 3 is 2.90 bits per heavy atom. The van der Waals surface area contributed by atoms with Gasteiger partial charge in [-0.05, 0) is 13.8 Å². The minimum Gasteiger partial charge on any atom is -0.392 e. The van der Waals surface area contributed by atoms with E-state index in [1.165, 1.54) is 0 Å². The van der Waals surface area contributed by atoms with Gasteiger partial charge in [-0.25, -0.2) is 9.97 Å². The van der Waals surface area contributed by atoms with Gasteiger partial charge < -0.3 is 10.0 Å². The molecule has 1 aliphatic heterocycles. The lowest BCUT2D eigenvalue weighted by molar-refractivity contribution is 0.114. The van der Waals surface area contributed by atoms with Crippen molar-refractivity contribution in [2.75, 3.05) is 31.1 Å². The van der Waals surface area contributed by atoms with Gasteiger partial charge in [0, 0.05) is 39.3 Å². The van der Waals surface area contributed by atoms with E-state index in [9.17, 15) is 5.11 Å². The maximum atomic E-state index is 9.53. The number of anilines is 1. The molecule has 2 aromatic heterocycles. The van der Waals surface area contributed by atoms with Crippen LogP contribution in [0, 0.1) is 0 Å². The highest BCUT2D eigenvalue weighted by Crippen LogP contribution is 2.25. The van der Waals surface area contributed by atoms with Crippen molar-refractivity contribution in [1.29, 1.82) is 0 Å². The SMILES string of the molecule is CC(O)CN1CCN(c2ncnc3c2cnn3C)C(C)C1. The van der Waals surface area contributed by atoms with Crippen molar-refractivity contribution in [3.8, 4) is 0 Å². The zero-order valence-electron chi connectivity index (χ0n) is 12.8. The Morgan fingerprint density at radius 1 is 1.38 bits per heavy atom. The number of aromatic nitrogens is 4. The number of aliphatic hydroxyl groups is 1. The van der Waals surface area contributed by atoms with Crippen LogP contribution in [0.3, 0.4) is 0 Å². The fraction of sp³-hybridized carbons (Fsp3) is 0.643. The van der Waals surface area contributed by atoms with Gasteiger partial charge in [0.05, 0.1) is 17.7 Å². The van der Waals surface area contributed by atoms with Crippen molar-refractivity contribution >= 4 is 16.9 Å². The smallest absolute Gasteiger partial charge is 0.163 e. The quantitative estimate of drug-likeness (QED) is 0.874. The van der Waals surface area contributed by atoms with E-state index in [0.29, 0.717) is 6.04 Å². The third-order valence-corrected chi connectivity index (χ3v) is 4.01. The van der Waals surface area contributed by atoms with E-state index in [2.05, 4.69) is 31.8 Å². The third-order valence-electron chi connectivity index (χ3n) is 4.01. The molecule has 1 saturated heterocycles. The molecular weight excluding hydrogens is 268 g/mol. The predicted octanol–water partition coefficient (Wildman–Crippen LogP) is 0.255. The fourth-order valence-corrected chi connectivity index (χ4v) is 3.07. The first kappa shape index (κ1) is 14.2. The van der Waals surface area contributed by atoms with Gasteiger partial charge in [-0.3, -0.25) is 9.58 Å². The van der Waals surface area contributed by atoms with Gasteiger partial charge in [-0.15, -0.1) is 0 Å². The normalized spacial score (nSPS) is 21.9. The van der Waals surface area contributed by atoms with Crippen LogP contribution in [-0.4, -0.2) is 68.1 Å². The molecule has 0 aliphatic carbocycles. The maximum Gasteiger partial charge on any atom is 0.163 e. The molecule has 0 saturated carbocycles. The van der Waals surface area contributed by atoms with E-state index >= 15 is 0 Å². The first-order valence-corrected chi connectivity index (χ1v) is 7.36. The van der Waals surface area contributed by atoms with Gasteiger partial charge in [-0.1, -0.05) is 0 Å². The van der Waals surface area contributed by atoms with E-state index in [0.717, 1.165) is 43.0 Å². The molecule has 0 radical (unpaired) electrons. The van der Waals surface area contributed by atoms with Crippen molar-refractivity contribution in [3.05, 3.63) is 12.5 Å². The Kier molecular flexibility index (Phi) is 3.77. The highest BCUT2D eigenvalue weighted by atomic mass is 16.3. The molecular formula is C14H22N6O. The van der Waals surface area contributed by atoms with Crippen LogP contribution in [0.1, 0.15) is 13.8 Å². The molecule has 2 aromatic rings. The molecule has 1 fully saturated rings. The van der Waals surface area contributed by atoms with E-state index in [-0.39, 0.29) is 6.10 Å². The molecule has 2 unspecified atom stereocenters. The Hall–Kier alpha value is -1.73. The lowest BCUT2D eigenvalue weighted by Crippen LogP contribution is -2.53. The molecule has 114 valence electrons. The largest absolute Gasteiger partial charge is 0.392 e. The molecule has 0 amide bonds. The van der Waals surface area contributed by atoms with Crippen LogP contribution < -0.4 is 4.90 Å². The molecule has 3 rings (SSSR count). The van der Waals surface area contributed by atoms with Gasteiger partial charge in [0.15, 0.2) is 5.65 Å². The van der Waals surface area contributed by atoms with Crippen molar-refractivity contribution in [3.63, 3.8) is 0 Å². The summed E-state index contributed by atoms with van der Waals surface area (Å²) in [6.07, 6.45) is 3.15. The topological polar surface area (TPSA) is 70.3 Å². The molecule has 0 aromatic carbocycles. The minimum absolute atomic E-state index is 0.284. The molecule has 21 heavy (non-hydrogen) atoms. The van der Waals surface area contributed by atoms with E-state index in [1.807, 2.05) is 20.2 Å². The Balaban J connectivity index is 1.84. The summed E-state index contributed by atoms with van der Waals surface area (Å²) in [5.41, 5.74) is 0.860. The highest BCUT2D eigenvalue weighted by Gasteiger charge is 2.27. The van der Waals surface area contributed by atoms with Gasteiger partial charge >= 0.3 is 0 Å². The molecule has 0 bridgehead atoms. The Bertz CT molecular complexity index is 625. The first-order valence-electron chi connectivity index (χ1n) is 7.36. The summed E-state index contributed by atoms with van der Waals surface area (Å²) >= 11 is 0. The third kappa shape index (κ3) is 2.71. The summed E-state index contributed by atoms with van der Waals surface area (Å²) in [5, 5.41) is 14.8. The minimum atomic E-state index is -0.284. The van der Waals surface area contributed by atoms with Crippen LogP contribution in [-0.2, 0) is 7.05 Å². The van der Waals surface area contributed by atoms with Crippen molar-refractivity contribution < 1.29 is 5.11 Å². The van der Waals surface area contributed by atoms with Crippen molar-refractivity contribution in [2.24, 2.45) is 7.05 Å². The molecule has 7 heteroatoms. The monoisotopic (exact) mass is 290 g/mol. The van der Waals surface area contributed by atoms with Gasteiger partial charge in [-0.2, -0.15) is 5.10 Å². The number of nitrogens with zero attached hydrogens (tertiary/aromatic N) is 6. The van der Waals surface area contributed by atoms with Gasteiger partial charge in [0.25, 0.3) is 0 Å². The number of piperazine rings is 1. The second-order valence-corrected chi connectivity index (χ2v) is 5.85. The Morgan fingerprint density at radius 2 is 2.19 bits per heavy atom. The average Bonchev–Trinajstić information content (AvgIpc) is 2.80. The number of hydrogen-bond donors (Lipinski definition) is 1. The summed E-state index contributed by atoms with van der Waals surface area (Å²) in [6, 6.07) is 0.343. The summed E-state index contributed by atoms with van der Waals surface area (Å²) in [7, 11) is 1.89. The molecule has 0 spiro atoms. The van der Waals surface area contributed by atoms with Gasteiger partial charge in [0.1, 0.15) is 12.1 Å². The number of hydrogen-bond acceptors (Lipinski definition) is 6. The van der Waals surface area contributed by atoms with E-state index in [4.69, 9.17) is 0 Å². The summed E-state index contributed by atoms with van der Waals surface area (Å²) < 4.78 is 1.77. The van der Waals surface area contributed by atoms with Crippen LogP contribution in [0.5, 0.6) is 0 Å². The number of fused-ring (bicyclic) bond motifs is 1. The molecule has 7 nitrogen and oxygen atoms in total. The van der Waals surface area contributed by atoms with E-state index < -0.39 is 0 Å². The van der Waals surface area contributed by atoms with Crippen molar-refractivity contribution in [1.82, 2.24) is 24.6 Å². The second kappa shape index (κ2) is 5.57. The zero-order chi connectivity index (χ0) is 15.0. The molecule has 3 heterocycles. The van der Waals surface area contributed by atoms with Crippen LogP contribution in [0.25, 0.3) is 11.0 Å². The van der Waals surface area contributed by atoms with Crippen LogP contribution >= 0.6 is 0 Å². The van der Waals surface area contributed by atoms with Crippen LogP contribution in [0.2, 0.25) is 0 Å². The van der Waals surface area contributed by atoms with Crippen LogP contribution in [0.4, 0.5) is 5.82 Å². The Labute approximate surface area is 124 Å². The van der Waals surface area contributed by atoms with E-state index in [1.54, 1.807) is 11.0 Å². The van der Waals surface area contributed by atoms with Crippen molar-refractivity contribution in [2.45, 2.75) is 26.0 Å². The summed E-state index contributed by atoms with van der Waals surface area (Å²) in [5.74, 6) is 0.956. The number of rotatable bonds is 3. The zero-order valence-corrected chi connectivity index (χ0v) is 12.8. The fourth-order valence-electron chi connectivity index (χ4n) is 3.07. The average molecular weight is 290 g/mol. The first-order chi connectivity index (χ1) is 10.1. The molecule has 1 N–H and O–H groups in total. The summed E-state index contributed by atoms with van der Waals surface area (Å²) in [4.78, 5) is 13.4. The number of aliphatic hydroxyl groups excluding tert-OH is 1. The second-order valence-electron chi connectivity index (χ2n) is 5.85. The van der Waals surface area contributed by atoms with Crippen LogP contribution in [0.15, 0.2) is 12.5 Å². The number of aryl methyl sites for hydroxylation is 1. The molecule has 2 atom stereocenters. The molecule has 1 aliphatic rings. The standard InChI is InChI=1S/C14H22N6O/c1-10-7-19(8-11(2)21)4-5-20(10)14-12-6-17-18(3)13(12)15-9-16-14/h6,9-11,21H,4-5,7-8H2,1-3H3. The summed E-state index contributed by atoms with van der Waals surface area (Å²) in [6.45, 7) is 7.51. The maximum absolute atomic E-state index is 9.53. The predicted molar refractivity (Wildman–Crippen MR) is 81.2 cm³/mol. The lowest BCUT2D eigenvalue weighted by Gasteiger charge is -2.41.